The van der Waals surface area contributed by atoms with E-state index < -0.39 is 5.54 Å². The van der Waals surface area contributed by atoms with E-state index in [1.54, 1.807) is 6.92 Å². The second-order valence-corrected chi connectivity index (χ2v) is 9.03. The summed E-state index contributed by atoms with van der Waals surface area (Å²) in [6, 6.07) is 9.67. The molecule has 3 heterocycles. The van der Waals surface area contributed by atoms with E-state index in [2.05, 4.69) is 34.6 Å². The summed E-state index contributed by atoms with van der Waals surface area (Å²) in [6.07, 6.45) is 2.79. The molecule has 3 rings (SSSR count). The van der Waals surface area contributed by atoms with Gasteiger partial charge in [0.05, 0.1) is 0 Å². The van der Waals surface area contributed by atoms with Gasteiger partial charge in [0, 0.05) is 18.7 Å². The Hall–Kier alpha value is -2.56. The highest BCUT2D eigenvalue weighted by Gasteiger charge is 2.38. The number of carbonyl (C=O) groups excluding carboxylic acids is 1. The number of furan rings is 1. The predicted molar refractivity (Wildman–Crippen MR) is 109 cm³/mol. The molecule has 0 saturated heterocycles. The Morgan fingerprint density at radius 3 is 2.41 bits per heavy atom. The number of aromatic nitrogens is 2. The molecule has 3 aromatic heterocycles. The van der Waals surface area contributed by atoms with Crippen LogP contribution in [0.25, 0.3) is 17.1 Å². The number of hydrogen-bond acceptors (Lipinski definition) is 3. The van der Waals surface area contributed by atoms with Crippen LogP contribution in [-0.2, 0) is 4.79 Å². The van der Waals surface area contributed by atoms with Crippen LogP contribution in [0, 0.1) is 12.3 Å². The summed E-state index contributed by atoms with van der Waals surface area (Å²) in [5.41, 5.74) is 1.15. The monoisotopic (exact) mass is 367 g/mol. The summed E-state index contributed by atoms with van der Waals surface area (Å²) in [4.78, 5) is 19.5. The number of hydrogen-bond donors (Lipinski definition) is 0. The van der Waals surface area contributed by atoms with E-state index in [0.717, 1.165) is 23.6 Å². The van der Waals surface area contributed by atoms with Crippen LogP contribution < -0.4 is 4.90 Å². The maximum absolute atomic E-state index is 12.9. The highest BCUT2D eigenvalue weighted by atomic mass is 16.3. The minimum Gasteiger partial charge on any atom is -0.460 e. The van der Waals surface area contributed by atoms with Crippen LogP contribution in [0.15, 0.2) is 40.9 Å². The third-order valence-corrected chi connectivity index (χ3v) is 4.57. The molecule has 5 nitrogen and oxygen atoms in total. The van der Waals surface area contributed by atoms with E-state index in [1.165, 1.54) is 0 Å². The van der Waals surface area contributed by atoms with Crippen LogP contribution in [0.2, 0.25) is 0 Å². The van der Waals surface area contributed by atoms with Crippen molar-refractivity contribution < 1.29 is 9.21 Å². The Balaban J connectivity index is 2.27. The third kappa shape index (κ3) is 3.77. The lowest BCUT2D eigenvalue weighted by Crippen LogP contribution is -2.50. The lowest BCUT2D eigenvalue weighted by atomic mass is 9.80. The minimum absolute atomic E-state index is 0.0144. The predicted octanol–water partition coefficient (Wildman–Crippen LogP) is 5.47. The zero-order valence-corrected chi connectivity index (χ0v) is 17.3. The molecule has 0 saturated carbocycles. The quantitative estimate of drug-likeness (QED) is 0.614. The van der Waals surface area contributed by atoms with E-state index in [4.69, 9.17) is 9.40 Å². The van der Waals surface area contributed by atoms with Crippen LogP contribution in [0.3, 0.4) is 0 Å². The molecule has 0 unspecified atom stereocenters. The van der Waals surface area contributed by atoms with Crippen LogP contribution in [0.5, 0.6) is 0 Å². The molecular weight excluding hydrogens is 338 g/mol. The molecule has 5 heteroatoms. The van der Waals surface area contributed by atoms with Gasteiger partial charge in [-0.15, -0.1) is 0 Å². The van der Waals surface area contributed by atoms with Crippen LogP contribution in [-0.4, -0.2) is 20.8 Å². The average molecular weight is 367 g/mol. The van der Waals surface area contributed by atoms with Gasteiger partial charge < -0.3 is 4.42 Å². The first kappa shape index (κ1) is 19.2. The van der Waals surface area contributed by atoms with Crippen molar-refractivity contribution in [2.45, 2.75) is 60.4 Å². The summed E-state index contributed by atoms with van der Waals surface area (Å²) in [6.45, 7) is 14.3. The smallest absolute Gasteiger partial charge is 0.225 e. The van der Waals surface area contributed by atoms with Gasteiger partial charge >= 0.3 is 0 Å². The second-order valence-electron chi connectivity index (χ2n) is 9.03. The van der Waals surface area contributed by atoms with Gasteiger partial charge in [-0.25, -0.2) is 4.98 Å². The first-order chi connectivity index (χ1) is 12.5. The third-order valence-electron chi connectivity index (χ3n) is 4.57. The molecule has 0 radical (unpaired) electrons. The van der Waals surface area contributed by atoms with Gasteiger partial charge in [0.15, 0.2) is 11.6 Å². The van der Waals surface area contributed by atoms with Gasteiger partial charge in [0.1, 0.15) is 17.1 Å². The van der Waals surface area contributed by atoms with Crippen molar-refractivity contribution in [3.63, 3.8) is 0 Å². The number of aryl methyl sites for hydroxylation is 1. The highest BCUT2D eigenvalue weighted by Crippen LogP contribution is 2.40. The van der Waals surface area contributed by atoms with Crippen molar-refractivity contribution in [1.82, 2.24) is 9.38 Å². The molecule has 0 fully saturated rings. The first-order valence-corrected chi connectivity index (χ1v) is 9.34. The van der Waals surface area contributed by atoms with E-state index in [9.17, 15) is 4.79 Å². The number of rotatable bonds is 4. The van der Waals surface area contributed by atoms with E-state index >= 15 is 0 Å². The number of nitrogens with zero attached hydrogens (tertiary/aromatic N) is 3. The van der Waals surface area contributed by atoms with Crippen LogP contribution in [0.4, 0.5) is 5.82 Å². The zero-order valence-electron chi connectivity index (χ0n) is 17.3. The van der Waals surface area contributed by atoms with Crippen molar-refractivity contribution in [1.29, 1.82) is 0 Å². The normalized spacial score (nSPS) is 12.6. The van der Waals surface area contributed by atoms with Crippen molar-refractivity contribution in [2.24, 2.45) is 5.41 Å². The first-order valence-electron chi connectivity index (χ1n) is 9.34. The highest BCUT2D eigenvalue weighted by molar-refractivity contribution is 5.96. The number of anilines is 1. The van der Waals surface area contributed by atoms with Gasteiger partial charge in [-0.05, 0) is 56.9 Å². The van der Waals surface area contributed by atoms with E-state index in [-0.39, 0.29) is 11.3 Å². The van der Waals surface area contributed by atoms with Crippen molar-refractivity contribution in [3.8, 4) is 11.5 Å². The summed E-state index contributed by atoms with van der Waals surface area (Å²) in [7, 11) is 0. The molecule has 0 aliphatic heterocycles. The minimum atomic E-state index is -0.397. The molecule has 0 aliphatic carbocycles. The van der Waals surface area contributed by atoms with Crippen molar-refractivity contribution in [3.05, 3.63) is 42.3 Å². The van der Waals surface area contributed by atoms with Crippen molar-refractivity contribution >= 4 is 17.4 Å². The standard InChI is InChI=1S/C22H29N3O2/c1-15-11-12-17(27-15)19-20(24-13-9-8-10-18(24)23-19)25(16(2)26)22(6,7)14-21(3,4)5/h8-13H,14H2,1-7H3. The maximum Gasteiger partial charge on any atom is 0.225 e. The number of imidazole rings is 1. The molecular formula is C22H29N3O2. The summed E-state index contributed by atoms with van der Waals surface area (Å²) in [5, 5.41) is 0. The van der Waals surface area contributed by atoms with Crippen LogP contribution in [0.1, 0.15) is 53.7 Å². The molecule has 0 N–H and O–H groups in total. The Kier molecular flexibility index (Phi) is 4.66. The van der Waals surface area contributed by atoms with Gasteiger partial charge in [0.25, 0.3) is 0 Å². The Labute approximate surface area is 161 Å². The number of amides is 1. The number of fused-ring (bicyclic) bond motifs is 1. The van der Waals surface area contributed by atoms with Gasteiger partial charge in [-0.2, -0.15) is 0 Å². The Morgan fingerprint density at radius 1 is 1.15 bits per heavy atom. The molecule has 0 aromatic carbocycles. The van der Waals surface area contributed by atoms with E-state index in [0.29, 0.717) is 11.5 Å². The van der Waals surface area contributed by atoms with Crippen molar-refractivity contribution in [2.75, 3.05) is 4.90 Å². The van der Waals surface area contributed by atoms with Gasteiger partial charge in [-0.3, -0.25) is 14.1 Å². The van der Waals surface area contributed by atoms with Crippen LogP contribution >= 0.6 is 0 Å². The lowest BCUT2D eigenvalue weighted by molar-refractivity contribution is -0.117. The summed E-state index contributed by atoms with van der Waals surface area (Å²) in [5.74, 6) is 2.22. The molecule has 144 valence electrons. The summed E-state index contributed by atoms with van der Waals surface area (Å²) >= 11 is 0. The molecule has 0 bridgehead atoms. The zero-order chi connectivity index (χ0) is 20.0. The van der Waals surface area contributed by atoms with Gasteiger partial charge in [0.2, 0.25) is 5.91 Å². The fourth-order valence-corrected chi connectivity index (χ4v) is 4.16. The molecule has 0 aliphatic rings. The summed E-state index contributed by atoms with van der Waals surface area (Å²) < 4.78 is 7.84. The topological polar surface area (TPSA) is 50.8 Å². The molecule has 1 amide bonds. The van der Waals surface area contributed by atoms with Gasteiger partial charge in [-0.1, -0.05) is 26.8 Å². The molecule has 0 atom stereocenters. The average Bonchev–Trinajstić information content (AvgIpc) is 3.09. The number of pyridine rings is 1. The lowest BCUT2D eigenvalue weighted by Gasteiger charge is -2.41. The SMILES string of the molecule is CC(=O)N(c1c(-c2ccc(C)o2)nc2ccccn12)C(C)(C)CC(C)(C)C. The Morgan fingerprint density at radius 2 is 1.85 bits per heavy atom. The van der Waals surface area contributed by atoms with E-state index in [1.807, 2.05) is 52.8 Å². The maximum atomic E-state index is 12.9. The largest absolute Gasteiger partial charge is 0.460 e. The number of carbonyl (C=O) groups is 1. The second kappa shape index (κ2) is 6.55. The molecule has 27 heavy (non-hydrogen) atoms. The molecule has 0 spiro atoms. The fourth-order valence-electron chi connectivity index (χ4n) is 4.16. The molecule has 3 aromatic rings. The fraction of sp³-hybridized carbons (Fsp3) is 0.455. The Bertz CT molecular complexity index is 973.